The van der Waals surface area contributed by atoms with Crippen molar-refractivity contribution >= 4 is 15.9 Å². The van der Waals surface area contributed by atoms with E-state index in [9.17, 15) is 0 Å². The Labute approximate surface area is 96.7 Å². The van der Waals surface area contributed by atoms with Gasteiger partial charge in [0.05, 0.1) is 6.26 Å². The van der Waals surface area contributed by atoms with Gasteiger partial charge in [0.25, 0.3) is 0 Å². The van der Waals surface area contributed by atoms with Gasteiger partial charge in [0.15, 0.2) is 10.5 Å². The summed E-state index contributed by atoms with van der Waals surface area (Å²) in [7, 11) is 0. The van der Waals surface area contributed by atoms with Crippen LogP contribution < -0.4 is 0 Å². The van der Waals surface area contributed by atoms with E-state index < -0.39 is 0 Å². The quantitative estimate of drug-likeness (QED) is 0.780. The van der Waals surface area contributed by atoms with Crippen LogP contribution in [0.15, 0.2) is 33.6 Å². The highest BCUT2D eigenvalue weighted by Gasteiger charge is 2.09. The molecular formula is C11H11BrN2O. The average molecular weight is 267 g/mol. The first-order valence-electron chi connectivity index (χ1n) is 4.75. The minimum atomic E-state index is 0.373. The molecule has 0 saturated heterocycles. The summed E-state index contributed by atoms with van der Waals surface area (Å²) >= 11 is 3.30. The van der Waals surface area contributed by atoms with Gasteiger partial charge in [-0.1, -0.05) is 13.8 Å². The smallest absolute Gasteiger partial charge is 0.197 e. The van der Waals surface area contributed by atoms with E-state index in [1.165, 1.54) is 0 Å². The molecule has 0 saturated carbocycles. The van der Waals surface area contributed by atoms with E-state index in [0.717, 1.165) is 17.1 Å². The van der Waals surface area contributed by atoms with Gasteiger partial charge in [-0.15, -0.1) is 0 Å². The molecule has 2 heterocycles. The SMILES string of the molecule is CC(C)c1cc(-c2ccco2)nc(Br)n1. The highest BCUT2D eigenvalue weighted by atomic mass is 79.9. The number of halogens is 1. The lowest BCUT2D eigenvalue weighted by atomic mass is 10.1. The molecule has 2 aromatic heterocycles. The van der Waals surface area contributed by atoms with Crippen molar-refractivity contribution in [2.75, 3.05) is 0 Å². The maximum Gasteiger partial charge on any atom is 0.197 e. The third-order valence-corrected chi connectivity index (χ3v) is 2.44. The molecule has 0 aliphatic rings. The van der Waals surface area contributed by atoms with Gasteiger partial charge in [-0.2, -0.15) is 0 Å². The van der Waals surface area contributed by atoms with Crippen LogP contribution in [0.25, 0.3) is 11.5 Å². The summed E-state index contributed by atoms with van der Waals surface area (Å²) in [6, 6.07) is 5.69. The molecule has 0 unspecified atom stereocenters. The van der Waals surface area contributed by atoms with Crippen molar-refractivity contribution < 1.29 is 4.42 Å². The molecular weight excluding hydrogens is 256 g/mol. The van der Waals surface area contributed by atoms with Crippen molar-refractivity contribution in [2.45, 2.75) is 19.8 Å². The normalized spacial score (nSPS) is 10.9. The Morgan fingerprint density at radius 2 is 2.13 bits per heavy atom. The Morgan fingerprint density at radius 1 is 1.33 bits per heavy atom. The van der Waals surface area contributed by atoms with Gasteiger partial charge in [-0.05, 0) is 40.0 Å². The van der Waals surface area contributed by atoms with Gasteiger partial charge in [-0.3, -0.25) is 0 Å². The fraction of sp³-hybridized carbons (Fsp3) is 0.273. The number of hydrogen-bond acceptors (Lipinski definition) is 3. The number of aromatic nitrogens is 2. The maximum absolute atomic E-state index is 5.30. The van der Waals surface area contributed by atoms with E-state index in [1.54, 1.807) is 6.26 Å². The van der Waals surface area contributed by atoms with Gasteiger partial charge in [-0.25, -0.2) is 9.97 Å². The summed E-state index contributed by atoms with van der Waals surface area (Å²) in [5.41, 5.74) is 1.81. The highest BCUT2D eigenvalue weighted by molar-refractivity contribution is 9.10. The molecule has 0 aliphatic carbocycles. The molecule has 0 atom stereocenters. The molecule has 4 heteroatoms. The highest BCUT2D eigenvalue weighted by Crippen LogP contribution is 2.23. The van der Waals surface area contributed by atoms with Crippen molar-refractivity contribution in [3.05, 3.63) is 34.9 Å². The molecule has 0 bridgehead atoms. The monoisotopic (exact) mass is 266 g/mol. The van der Waals surface area contributed by atoms with Crippen molar-refractivity contribution in [3.8, 4) is 11.5 Å². The molecule has 15 heavy (non-hydrogen) atoms. The predicted octanol–water partition coefficient (Wildman–Crippen LogP) is 3.62. The van der Waals surface area contributed by atoms with E-state index in [0.29, 0.717) is 10.7 Å². The number of furan rings is 1. The van der Waals surface area contributed by atoms with E-state index in [4.69, 9.17) is 4.42 Å². The van der Waals surface area contributed by atoms with E-state index in [2.05, 4.69) is 39.7 Å². The fourth-order valence-corrected chi connectivity index (χ4v) is 1.68. The fourth-order valence-electron chi connectivity index (χ4n) is 1.28. The molecule has 0 radical (unpaired) electrons. The average Bonchev–Trinajstić information content (AvgIpc) is 2.69. The van der Waals surface area contributed by atoms with Crippen LogP contribution in [0.4, 0.5) is 0 Å². The third-order valence-electron chi connectivity index (χ3n) is 2.08. The lowest BCUT2D eigenvalue weighted by Gasteiger charge is -2.06. The third kappa shape index (κ3) is 2.26. The van der Waals surface area contributed by atoms with Gasteiger partial charge >= 0.3 is 0 Å². The van der Waals surface area contributed by atoms with Gasteiger partial charge in [0.2, 0.25) is 0 Å². The molecule has 0 aromatic carbocycles. The van der Waals surface area contributed by atoms with Gasteiger partial charge in [0.1, 0.15) is 5.69 Å². The zero-order valence-corrected chi connectivity index (χ0v) is 10.2. The van der Waals surface area contributed by atoms with Crippen LogP contribution >= 0.6 is 15.9 Å². The predicted molar refractivity (Wildman–Crippen MR) is 61.5 cm³/mol. The van der Waals surface area contributed by atoms with Crippen molar-refractivity contribution in [1.82, 2.24) is 9.97 Å². The molecule has 78 valence electrons. The lowest BCUT2D eigenvalue weighted by Crippen LogP contribution is -1.96. The Balaban J connectivity index is 2.49. The largest absolute Gasteiger partial charge is 0.463 e. The lowest BCUT2D eigenvalue weighted by molar-refractivity contribution is 0.579. The Hall–Kier alpha value is -1.16. The molecule has 3 nitrogen and oxygen atoms in total. The van der Waals surface area contributed by atoms with Crippen LogP contribution in [0.2, 0.25) is 0 Å². The van der Waals surface area contributed by atoms with Crippen molar-refractivity contribution in [1.29, 1.82) is 0 Å². The standard InChI is InChI=1S/C11H11BrN2O/c1-7(2)8-6-9(14-11(12)13-8)10-4-3-5-15-10/h3-7H,1-2H3. The molecule has 0 fully saturated rings. The number of rotatable bonds is 2. The van der Waals surface area contributed by atoms with Crippen LogP contribution in [0.1, 0.15) is 25.5 Å². The van der Waals surface area contributed by atoms with Crippen LogP contribution in [0.3, 0.4) is 0 Å². The second-order valence-corrected chi connectivity index (χ2v) is 4.29. The minimum Gasteiger partial charge on any atom is -0.463 e. The summed E-state index contributed by atoms with van der Waals surface area (Å²) in [4.78, 5) is 8.58. The molecule has 0 N–H and O–H groups in total. The van der Waals surface area contributed by atoms with E-state index in [1.807, 2.05) is 18.2 Å². The van der Waals surface area contributed by atoms with E-state index in [-0.39, 0.29) is 0 Å². The summed E-state index contributed by atoms with van der Waals surface area (Å²) in [6.45, 7) is 4.20. The molecule has 0 aliphatic heterocycles. The second-order valence-electron chi connectivity index (χ2n) is 3.58. The molecule has 2 aromatic rings. The minimum absolute atomic E-state index is 0.373. The summed E-state index contributed by atoms with van der Waals surface area (Å²) in [5, 5.41) is 0. The Bertz CT molecular complexity index is 452. The first-order valence-corrected chi connectivity index (χ1v) is 5.54. The first-order chi connectivity index (χ1) is 7.16. The summed E-state index contributed by atoms with van der Waals surface area (Å²) < 4.78 is 5.90. The number of nitrogens with zero attached hydrogens (tertiary/aromatic N) is 2. The second kappa shape index (κ2) is 4.14. The first kappa shape index (κ1) is 10.4. The Kier molecular flexibility index (Phi) is 2.86. The summed E-state index contributed by atoms with van der Waals surface area (Å²) in [5.74, 6) is 1.14. The van der Waals surface area contributed by atoms with Gasteiger partial charge in [0, 0.05) is 5.69 Å². The van der Waals surface area contributed by atoms with Gasteiger partial charge < -0.3 is 4.42 Å². The van der Waals surface area contributed by atoms with Crippen molar-refractivity contribution in [3.63, 3.8) is 0 Å². The topological polar surface area (TPSA) is 38.9 Å². The summed E-state index contributed by atoms with van der Waals surface area (Å²) in [6.07, 6.45) is 1.64. The number of hydrogen-bond donors (Lipinski definition) is 0. The van der Waals surface area contributed by atoms with Crippen LogP contribution in [-0.2, 0) is 0 Å². The molecule has 2 rings (SSSR count). The molecule has 0 spiro atoms. The maximum atomic E-state index is 5.30. The molecule has 0 amide bonds. The van der Waals surface area contributed by atoms with Crippen LogP contribution in [0, 0.1) is 0 Å². The van der Waals surface area contributed by atoms with E-state index >= 15 is 0 Å². The van der Waals surface area contributed by atoms with Crippen LogP contribution in [-0.4, -0.2) is 9.97 Å². The Morgan fingerprint density at radius 3 is 2.73 bits per heavy atom. The zero-order valence-electron chi connectivity index (χ0n) is 8.57. The van der Waals surface area contributed by atoms with Crippen molar-refractivity contribution in [2.24, 2.45) is 0 Å². The van der Waals surface area contributed by atoms with Crippen LogP contribution in [0.5, 0.6) is 0 Å². The zero-order chi connectivity index (χ0) is 10.8.